The molecule has 1 heterocycles. The van der Waals surface area contributed by atoms with Crippen LogP contribution in [-0.4, -0.2) is 23.8 Å². The quantitative estimate of drug-likeness (QED) is 0.918. The van der Waals surface area contributed by atoms with Crippen molar-refractivity contribution in [3.8, 4) is 0 Å². The topological polar surface area (TPSA) is 74.2 Å². The van der Waals surface area contributed by atoms with Crippen LogP contribution >= 0.6 is 0 Å². The van der Waals surface area contributed by atoms with E-state index in [0.29, 0.717) is 18.3 Å². The van der Waals surface area contributed by atoms with Gasteiger partial charge in [0.15, 0.2) is 0 Å². The second kappa shape index (κ2) is 5.82. The third-order valence-corrected chi connectivity index (χ3v) is 4.35. The molecule has 0 bridgehead atoms. The standard InChI is InChI=1S/C15H27N3O2/c1-14(2,3)11(19-4)12-17-13(20-18-12)15(10-16)8-6-5-7-9-15/h11H,5-10,16H2,1-4H3. The zero-order valence-corrected chi connectivity index (χ0v) is 13.1. The molecule has 5 nitrogen and oxygen atoms in total. The maximum atomic E-state index is 6.01. The van der Waals surface area contributed by atoms with Crippen LogP contribution < -0.4 is 5.73 Å². The lowest BCUT2D eigenvalue weighted by Crippen LogP contribution is -2.37. The summed E-state index contributed by atoms with van der Waals surface area (Å²) < 4.78 is 11.1. The summed E-state index contributed by atoms with van der Waals surface area (Å²) in [6.45, 7) is 6.89. The Balaban J connectivity index is 2.27. The molecule has 1 fully saturated rings. The van der Waals surface area contributed by atoms with Crippen LogP contribution in [0.25, 0.3) is 0 Å². The van der Waals surface area contributed by atoms with Crippen LogP contribution in [-0.2, 0) is 10.2 Å². The van der Waals surface area contributed by atoms with Crippen LogP contribution in [0.15, 0.2) is 4.52 Å². The van der Waals surface area contributed by atoms with Crippen molar-refractivity contribution < 1.29 is 9.26 Å². The highest BCUT2D eigenvalue weighted by atomic mass is 16.5. The molecule has 1 aromatic rings. The highest BCUT2D eigenvalue weighted by Gasteiger charge is 2.39. The number of nitrogens with zero attached hydrogens (tertiary/aromatic N) is 2. The highest BCUT2D eigenvalue weighted by Crippen LogP contribution is 2.39. The van der Waals surface area contributed by atoms with E-state index >= 15 is 0 Å². The molecule has 0 saturated heterocycles. The first-order chi connectivity index (χ1) is 9.43. The number of hydrogen-bond donors (Lipinski definition) is 1. The van der Waals surface area contributed by atoms with Crippen molar-refractivity contribution in [2.75, 3.05) is 13.7 Å². The summed E-state index contributed by atoms with van der Waals surface area (Å²) in [6.07, 6.45) is 5.55. The van der Waals surface area contributed by atoms with Crippen LogP contribution in [0.2, 0.25) is 0 Å². The number of ether oxygens (including phenoxy) is 1. The zero-order chi connectivity index (χ0) is 14.8. The normalized spacial score (nSPS) is 20.9. The number of rotatable bonds is 4. The average molecular weight is 281 g/mol. The van der Waals surface area contributed by atoms with Crippen LogP contribution in [0.3, 0.4) is 0 Å². The van der Waals surface area contributed by atoms with Gasteiger partial charge in [0.05, 0.1) is 5.41 Å². The molecule has 0 aliphatic heterocycles. The largest absolute Gasteiger partial charge is 0.373 e. The van der Waals surface area contributed by atoms with E-state index in [9.17, 15) is 0 Å². The van der Waals surface area contributed by atoms with Crippen LogP contribution in [0.4, 0.5) is 0 Å². The lowest BCUT2D eigenvalue weighted by Gasteiger charge is -2.32. The number of aromatic nitrogens is 2. The van der Waals surface area contributed by atoms with E-state index in [1.54, 1.807) is 7.11 Å². The van der Waals surface area contributed by atoms with E-state index in [1.165, 1.54) is 19.3 Å². The summed E-state index contributed by atoms with van der Waals surface area (Å²) in [5.74, 6) is 1.33. The molecule has 0 aromatic carbocycles. The molecule has 2 N–H and O–H groups in total. The second-order valence-electron chi connectivity index (χ2n) is 6.98. The smallest absolute Gasteiger partial charge is 0.234 e. The number of hydrogen-bond acceptors (Lipinski definition) is 5. The number of methoxy groups -OCH3 is 1. The Labute approximate surface area is 121 Å². The Hall–Kier alpha value is -0.940. The van der Waals surface area contributed by atoms with Gasteiger partial charge in [0, 0.05) is 13.7 Å². The molecule has 114 valence electrons. The van der Waals surface area contributed by atoms with Gasteiger partial charge in [-0.2, -0.15) is 4.98 Å². The summed E-state index contributed by atoms with van der Waals surface area (Å²) in [4.78, 5) is 4.63. The minimum atomic E-state index is -0.168. The fourth-order valence-electron chi connectivity index (χ4n) is 3.14. The van der Waals surface area contributed by atoms with Crippen molar-refractivity contribution in [2.24, 2.45) is 11.1 Å². The molecule has 0 radical (unpaired) electrons. The molecule has 1 aliphatic rings. The Morgan fingerprint density at radius 2 is 1.95 bits per heavy atom. The summed E-state index contributed by atoms with van der Waals surface area (Å²) in [5.41, 5.74) is 5.82. The first-order valence-corrected chi connectivity index (χ1v) is 7.50. The molecule has 1 aromatic heterocycles. The Morgan fingerprint density at radius 1 is 1.30 bits per heavy atom. The summed E-state index contributed by atoms with van der Waals surface area (Å²) in [5, 5.41) is 4.16. The molecule has 1 atom stereocenters. The minimum absolute atomic E-state index is 0.0711. The Bertz CT molecular complexity index is 431. The van der Waals surface area contributed by atoms with Crippen molar-refractivity contribution in [3.05, 3.63) is 11.7 Å². The molecular formula is C15H27N3O2. The summed E-state index contributed by atoms with van der Waals surface area (Å²) in [7, 11) is 1.69. The van der Waals surface area contributed by atoms with E-state index in [0.717, 1.165) is 12.8 Å². The third-order valence-electron chi connectivity index (χ3n) is 4.35. The first-order valence-electron chi connectivity index (χ1n) is 7.50. The van der Waals surface area contributed by atoms with Crippen molar-refractivity contribution in [3.63, 3.8) is 0 Å². The Morgan fingerprint density at radius 3 is 2.45 bits per heavy atom. The molecule has 1 saturated carbocycles. The molecule has 20 heavy (non-hydrogen) atoms. The van der Waals surface area contributed by atoms with Crippen LogP contribution in [0.5, 0.6) is 0 Å². The summed E-state index contributed by atoms with van der Waals surface area (Å²) >= 11 is 0. The molecule has 0 amide bonds. The van der Waals surface area contributed by atoms with E-state index < -0.39 is 0 Å². The van der Waals surface area contributed by atoms with Crippen molar-refractivity contribution >= 4 is 0 Å². The lowest BCUT2D eigenvalue weighted by atomic mass is 9.74. The van der Waals surface area contributed by atoms with E-state index in [4.69, 9.17) is 15.0 Å². The van der Waals surface area contributed by atoms with Gasteiger partial charge in [-0.05, 0) is 18.3 Å². The summed E-state index contributed by atoms with van der Waals surface area (Å²) in [6, 6.07) is 0. The highest BCUT2D eigenvalue weighted by molar-refractivity contribution is 5.09. The molecule has 5 heteroatoms. The van der Waals surface area contributed by atoms with Gasteiger partial charge in [-0.25, -0.2) is 0 Å². The molecule has 1 unspecified atom stereocenters. The first kappa shape index (κ1) is 15.4. The van der Waals surface area contributed by atoms with E-state index in [2.05, 4.69) is 30.9 Å². The minimum Gasteiger partial charge on any atom is -0.373 e. The van der Waals surface area contributed by atoms with Gasteiger partial charge in [0.2, 0.25) is 11.7 Å². The maximum absolute atomic E-state index is 6.01. The van der Waals surface area contributed by atoms with Crippen molar-refractivity contribution in [1.82, 2.24) is 10.1 Å². The fourth-order valence-corrected chi connectivity index (χ4v) is 3.14. The fraction of sp³-hybridized carbons (Fsp3) is 0.867. The molecule has 1 aliphatic carbocycles. The SMILES string of the molecule is COC(c1noc(C2(CN)CCCCC2)n1)C(C)(C)C. The third kappa shape index (κ3) is 2.88. The van der Waals surface area contributed by atoms with Gasteiger partial charge in [-0.3, -0.25) is 0 Å². The van der Waals surface area contributed by atoms with Gasteiger partial charge >= 0.3 is 0 Å². The van der Waals surface area contributed by atoms with Gasteiger partial charge < -0.3 is 15.0 Å². The molecule has 2 rings (SSSR count). The average Bonchev–Trinajstić information content (AvgIpc) is 2.88. The van der Waals surface area contributed by atoms with Gasteiger partial charge in [0.1, 0.15) is 6.10 Å². The Kier molecular flexibility index (Phi) is 4.49. The predicted molar refractivity (Wildman–Crippen MR) is 77.3 cm³/mol. The molecule has 0 spiro atoms. The maximum Gasteiger partial charge on any atom is 0.234 e. The molecular weight excluding hydrogens is 254 g/mol. The van der Waals surface area contributed by atoms with E-state index in [-0.39, 0.29) is 16.9 Å². The second-order valence-corrected chi connectivity index (χ2v) is 6.98. The van der Waals surface area contributed by atoms with Gasteiger partial charge in [-0.15, -0.1) is 0 Å². The van der Waals surface area contributed by atoms with Crippen molar-refractivity contribution in [1.29, 1.82) is 0 Å². The van der Waals surface area contributed by atoms with Crippen LogP contribution in [0.1, 0.15) is 70.7 Å². The van der Waals surface area contributed by atoms with E-state index in [1.807, 2.05) is 0 Å². The van der Waals surface area contributed by atoms with Crippen LogP contribution in [0, 0.1) is 5.41 Å². The van der Waals surface area contributed by atoms with Gasteiger partial charge in [-0.1, -0.05) is 45.2 Å². The van der Waals surface area contributed by atoms with Crippen molar-refractivity contribution in [2.45, 2.75) is 64.4 Å². The van der Waals surface area contributed by atoms with Gasteiger partial charge in [0.25, 0.3) is 0 Å². The monoisotopic (exact) mass is 281 g/mol. The predicted octanol–water partition coefficient (Wildman–Crippen LogP) is 2.96. The lowest BCUT2D eigenvalue weighted by molar-refractivity contribution is 0.00718. The number of nitrogens with two attached hydrogens (primary N) is 1. The zero-order valence-electron chi connectivity index (χ0n) is 13.1.